The predicted molar refractivity (Wildman–Crippen MR) is 72.6 cm³/mol. The van der Waals surface area contributed by atoms with E-state index in [-0.39, 0.29) is 5.97 Å². The van der Waals surface area contributed by atoms with E-state index in [1.807, 2.05) is 39.0 Å². The largest absolute Gasteiger partial charge is 0.456 e. The maximum atomic E-state index is 11.8. The van der Waals surface area contributed by atoms with Crippen molar-refractivity contribution in [2.24, 2.45) is 0 Å². The second-order valence-corrected chi connectivity index (χ2v) is 5.15. The lowest BCUT2D eigenvalue weighted by Gasteiger charge is -2.19. The monoisotopic (exact) mass is 256 g/mol. The number of pyridine rings is 2. The minimum Gasteiger partial charge on any atom is -0.456 e. The maximum Gasteiger partial charge on any atom is 0.340 e. The first-order valence-corrected chi connectivity index (χ1v) is 6.06. The number of ether oxygens (including phenoxy) is 1. The summed E-state index contributed by atoms with van der Waals surface area (Å²) < 4.78 is 5.27. The topological polar surface area (TPSA) is 52.1 Å². The van der Waals surface area contributed by atoms with Crippen molar-refractivity contribution in [2.45, 2.75) is 26.4 Å². The Labute approximate surface area is 112 Å². The Morgan fingerprint density at radius 1 is 1.05 bits per heavy atom. The number of hydrogen-bond donors (Lipinski definition) is 0. The molecule has 0 aliphatic rings. The molecule has 4 heteroatoms. The van der Waals surface area contributed by atoms with Crippen molar-refractivity contribution in [1.29, 1.82) is 0 Å². The van der Waals surface area contributed by atoms with E-state index in [1.165, 1.54) is 6.20 Å². The van der Waals surface area contributed by atoms with Gasteiger partial charge in [0.1, 0.15) is 5.60 Å². The summed E-state index contributed by atoms with van der Waals surface area (Å²) >= 11 is 0. The third-order valence-electron chi connectivity index (χ3n) is 2.33. The van der Waals surface area contributed by atoms with Gasteiger partial charge in [0.25, 0.3) is 0 Å². The zero-order valence-electron chi connectivity index (χ0n) is 11.3. The molecular weight excluding hydrogens is 240 g/mol. The van der Waals surface area contributed by atoms with Gasteiger partial charge in [0, 0.05) is 12.4 Å². The molecule has 2 rings (SSSR count). The van der Waals surface area contributed by atoms with E-state index >= 15 is 0 Å². The number of rotatable bonds is 2. The van der Waals surface area contributed by atoms with Crippen molar-refractivity contribution in [2.75, 3.05) is 0 Å². The number of carbonyl (C=O) groups excluding carboxylic acids is 1. The van der Waals surface area contributed by atoms with Crippen molar-refractivity contribution in [3.63, 3.8) is 0 Å². The molecular formula is C15H16N2O2. The molecule has 2 aromatic rings. The third-order valence-corrected chi connectivity index (χ3v) is 2.33. The molecule has 0 saturated heterocycles. The van der Waals surface area contributed by atoms with Crippen molar-refractivity contribution in [1.82, 2.24) is 9.97 Å². The fourth-order valence-corrected chi connectivity index (χ4v) is 1.52. The summed E-state index contributed by atoms with van der Waals surface area (Å²) in [7, 11) is 0. The average molecular weight is 256 g/mol. The highest BCUT2D eigenvalue weighted by Gasteiger charge is 2.18. The van der Waals surface area contributed by atoms with Crippen LogP contribution in [0.2, 0.25) is 0 Å². The Bertz CT molecular complexity index is 557. The molecule has 4 nitrogen and oxygen atoms in total. The highest BCUT2D eigenvalue weighted by atomic mass is 16.6. The number of hydrogen-bond acceptors (Lipinski definition) is 4. The van der Waals surface area contributed by atoms with Gasteiger partial charge in [-0.05, 0) is 45.0 Å². The molecule has 0 radical (unpaired) electrons. The predicted octanol–water partition coefficient (Wildman–Crippen LogP) is 3.10. The van der Waals surface area contributed by atoms with Crippen molar-refractivity contribution in [3.8, 4) is 11.4 Å². The minimum atomic E-state index is -0.503. The summed E-state index contributed by atoms with van der Waals surface area (Å²) in [6.07, 6.45) is 3.22. The summed E-state index contributed by atoms with van der Waals surface area (Å²) in [5.74, 6) is -0.368. The molecule has 0 bridgehead atoms. The van der Waals surface area contributed by atoms with Crippen LogP contribution >= 0.6 is 0 Å². The fraction of sp³-hybridized carbons (Fsp3) is 0.267. The van der Waals surface area contributed by atoms with E-state index in [2.05, 4.69) is 9.97 Å². The molecule has 0 atom stereocenters. The van der Waals surface area contributed by atoms with Crippen LogP contribution in [0.5, 0.6) is 0 Å². The lowest BCUT2D eigenvalue weighted by molar-refractivity contribution is 0.00691. The van der Waals surface area contributed by atoms with Gasteiger partial charge in [-0.2, -0.15) is 0 Å². The highest BCUT2D eigenvalue weighted by Crippen LogP contribution is 2.16. The number of nitrogens with zero attached hydrogens (tertiary/aromatic N) is 2. The Kier molecular flexibility index (Phi) is 3.60. The molecule has 0 N–H and O–H groups in total. The Morgan fingerprint density at radius 2 is 1.79 bits per heavy atom. The van der Waals surface area contributed by atoms with E-state index in [9.17, 15) is 4.79 Å². The quantitative estimate of drug-likeness (QED) is 0.775. The molecule has 0 amide bonds. The van der Waals surface area contributed by atoms with Gasteiger partial charge in [-0.1, -0.05) is 6.07 Å². The first kappa shape index (κ1) is 13.2. The Morgan fingerprint density at radius 3 is 2.32 bits per heavy atom. The maximum absolute atomic E-state index is 11.8. The summed E-state index contributed by atoms with van der Waals surface area (Å²) in [6, 6.07) is 9.08. The van der Waals surface area contributed by atoms with Crippen LogP contribution in [0.25, 0.3) is 11.4 Å². The fourth-order valence-electron chi connectivity index (χ4n) is 1.52. The normalized spacial score (nSPS) is 11.1. The van der Waals surface area contributed by atoms with Gasteiger partial charge in [-0.15, -0.1) is 0 Å². The number of aromatic nitrogens is 2. The van der Waals surface area contributed by atoms with Gasteiger partial charge in [-0.25, -0.2) is 4.79 Å². The summed E-state index contributed by atoms with van der Waals surface area (Å²) in [6.45, 7) is 5.50. The highest BCUT2D eigenvalue weighted by molar-refractivity contribution is 5.89. The molecule has 2 aromatic heterocycles. The van der Waals surface area contributed by atoms with Crippen LogP contribution < -0.4 is 0 Å². The van der Waals surface area contributed by atoms with Crippen LogP contribution in [-0.4, -0.2) is 21.5 Å². The van der Waals surface area contributed by atoms with Gasteiger partial charge < -0.3 is 4.74 Å². The third kappa shape index (κ3) is 3.61. The molecule has 0 aliphatic heterocycles. The van der Waals surface area contributed by atoms with E-state index in [0.717, 1.165) is 11.4 Å². The minimum absolute atomic E-state index is 0.368. The van der Waals surface area contributed by atoms with E-state index in [0.29, 0.717) is 5.56 Å². The first-order valence-electron chi connectivity index (χ1n) is 6.06. The SMILES string of the molecule is CC(C)(C)OC(=O)c1ccc(-c2ccccn2)nc1. The van der Waals surface area contributed by atoms with Crippen LogP contribution in [-0.2, 0) is 4.74 Å². The first-order chi connectivity index (χ1) is 8.96. The van der Waals surface area contributed by atoms with Crippen LogP contribution in [0.1, 0.15) is 31.1 Å². The van der Waals surface area contributed by atoms with Gasteiger partial charge in [0.15, 0.2) is 0 Å². The van der Waals surface area contributed by atoms with Gasteiger partial charge in [0.2, 0.25) is 0 Å². The number of carbonyl (C=O) groups is 1. The average Bonchev–Trinajstić information content (AvgIpc) is 2.38. The summed E-state index contributed by atoms with van der Waals surface area (Å²) in [5, 5.41) is 0. The lowest BCUT2D eigenvalue weighted by Crippen LogP contribution is -2.23. The molecule has 98 valence electrons. The smallest absolute Gasteiger partial charge is 0.340 e. The van der Waals surface area contributed by atoms with E-state index < -0.39 is 5.60 Å². The van der Waals surface area contributed by atoms with Crippen LogP contribution in [0.3, 0.4) is 0 Å². The summed E-state index contributed by atoms with van der Waals surface area (Å²) in [5.41, 5.74) is 1.44. The number of esters is 1. The molecule has 0 fully saturated rings. The molecule has 0 saturated carbocycles. The van der Waals surface area contributed by atoms with Gasteiger partial charge in [0.05, 0.1) is 17.0 Å². The zero-order chi connectivity index (χ0) is 13.9. The standard InChI is InChI=1S/C15H16N2O2/c1-15(2,3)19-14(18)11-7-8-13(17-10-11)12-6-4-5-9-16-12/h4-10H,1-3H3. The molecule has 2 heterocycles. The molecule has 0 aliphatic carbocycles. The van der Waals surface area contributed by atoms with Gasteiger partial charge in [-0.3, -0.25) is 9.97 Å². The van der Waals surface area contributed by atoms with Crippen LogP contribution in [0.4, 0.5) is 0 Å². The van der Waals surface area contributed by atoms with E-state index in [1.54, 1.807) is 18.3 Å². The lowest BCUT2D eigenvalue weighted by atomic mass is 10.2. The van der Waals surface area contributed by atoms with Crippen molar-refractivity contribution < 1.29 is 9.53 Å². The zero-order valence-corrected chi connectivity index (χ0v) is 11.3. The second-order valence-electron chi connectivity index (χ2n) is 5.15. The molecule has 0 aromatic carbocycles. The summed E-state index contributed by atoms with van der Waals surface area (Å²) in [4.78, 5) is 20.3. The Hall–Kier alpha value is -2.23. The van der Waals surface area contributed by atoms with Crippen LogP contribution in [0, 0.1) is 0 Å². The molecule has 19 heavy (non-hydrogen) atoms. The molecule has 0 unspecified atom stereocenters. The Balaban J connectivity index is 2.17. The van der Waals surface area contributed by atoms with Crippen molar-refractivity contribution in [3.05, 3.63) is 48.3 Å². The molecule has 0 spiro atoms. The van der Waals surface area contributed by atoms with Gasteiger partial charge >= 0.3 is 5.97 Å². The van der Waals surface area contributed by atoms with E-state index in [4.69, 9.17) is 4.74 Å². The van der Waals surface area contributed by atoms with Crippen molar-refractivity contribution >= 4 is 5.97 Å². The second kappa shape index (κ2) is 5.18. The van der Waals surface area contributed by atoms with Crippen LogP contribution in [0.15, 0.2) is 42.7 Å².